The summed E-state index contributed by atoms with van der Waals surface area (Å²) in [5.41, 5.74) is 15.8. The van der Waals surface area contributed by atoms with E-state index in [1.807, 2.05) is 25.4 Å². The van der Waals surface area contributed by atoms with Crippen molar-refractivity contribution in [1.82, 2.24) is 10.3 Å². The number of aryl methyl sites for hydroxylation is 1. The van der Waals surface area contributed by atoms with Gasteiger partial charge >= 0.3 is 0 Å². The van der Waals surface area contributed by atoms with E-state index in [2.05, 4.69) is 133 Å². The molecule has 42 heavy (non-hydrogen) atoms. The van der Waals surface area contributed by atoms with Gasteiger partial charge in [0.25, 0.3) is 0 Å². The number of rotatable bonds is 13. The quantitative estimate of drug-likeness (QED) is 0.163. The molecule has 0 saturated carbocycles. The van der Waals surface area contributed by atoms with E-state index >= 15 is 0 Å². The Hall–Kier alpha value is -4.27. The molecule has 0 aliphatic carbocycles. The first kappa shape index (κ1) is 35.8. The van der Waals surface area contributed by atoms with Crippen molar-refractivity contribution in [3.8, 4) is 12.8 Å². The molecule has 0 aliphatic heterocycles. The minimum absolute atomic E-state index is 0.151. The number of anilines is 1. The van der Waals surface area contributed by atoms with Crippen molar-refractivity contribution < 1.29 is 0 Å². The van der Waals surface area contributed by atoms with Crippen LogP contribution in [0.3, 0.4) is 0 Å². The molecule has 0 radical (unpaired) electrons. The third-order valence-corrected chi connectivity index (χ3v) is 7.25. The number of nitrogens with one attached hydrogen (secondary N) is 2. The van der Waals surface area contributed by atoms with Crippen molar-refractivity contribution in [3.63, 3.8) is 0 Å². The van der Waals surface area contributed by atoms with Crippen LogP contribution in [0.4, 0.5) is 5.69 Å². The van der Waals surface area contributed by atoms with Crippen LogP contribution >= 0.6 is 11.3 Å². The minimum atomic E-state index is 0.151. The van der Waals surface area contributed by atoms with Crippen LogP contribution in [0, 0.1) is 25.2 Å². The largest absolute Gasteiger partial charge is 0.399 e. The molecule has 2 heterocycles. The average Bonchev–Trinajstić information content (AvgIpc) is 3.34. The lowest BCUT2D eigenvalue weighted by atomic mass is 9.91. The highest BCUT2D eigenvalue weighted by Gasteiger charge is 2.13. The van der Waals surface area contributed by atoms with Crippen LogP contribution in [0.1, 0.15) is 69.7 Å². The van der Waals surface area contributed by atoms with Gasteiger partial charge in [0.2, 0.25) is 0 Å². The first-order valence-electron chi connectivity index (χ1n) is 13.8. The Morgan fingerprint density at radius 1 is 1.10 bits per heavy atom. The third kappa shape index (κ3) is 11.7. The van der Waals surface area contributed by atoms with Gasteiger partial charge in [-0.3, -0.25) is 4.98 Å². The number of allylic oxidation sites excluding steroid dienone is 11. The van der Waals surface area contributed by atoms with Gasteiger partial charge in [0.05, 0.1) is 11.9 Å². The van der Waals surface area contributed by atoms with E-state index in [-0.39, 0.29) is 5.41 Å². The lowest BCUT2D eigenvalue weighted by molar-refractivity contribution is 0.411. The molecule has 2 aromatic rings. The zero-order chi connectivity index (χ0) is 32.0. The van der Waals surface area contributed by atoms with Crippen molar-refractivity contribution in [3.05, 3.63) is 130 Å². The Kier molecular flexibility index (Phi) is 14.4. The number of aromatic nitrogens is 1. The highest BCUT2D eigenvalue weighted by molar-refractivity contribution is 7.13. The SMILES string of the molecule is C#C.C=C/C=C(\C(C)=C(/C)NC(=C)C/C(=C/C(=C\C)c1cncc(NC(=C)CC(C)(C)C)c1)C(=C)N)c1ccc(C)s1. The first-order chi connectivity index (χ1) is 19.7. The fraction of sp³-hybridized carbons (Fsp3) is 0.270. The molecule has 0 aliphatic rings. The maximum Gasteiger partial charge on any atom is 0.0574 e. The van der Waals surface area contributed by atoms with Crippen molar-refractivity contribution in [2.24, 2.45) is 11.1 Å². The molecule has 0 aromatic carbocycles. The smallest absolute Gasteiger partial charge is 0.0574 e. The molecule has 0 spiro atoms. The maximum atomic E-state index is 6.25. The molecule has 2 aromatic heterocycles. The number of hydrogen-bond donors (Lipinski definition) is 3. The first-order valence-corrected chi connectivity index (χ1v) is 14.6. The van der Waals surface area contributed by atoms with Gasteiger partial charge in [0, 0.05) is 50.7 Å². The molecule has 0 amide bonds. The Morgan fingerprint density at radius 3 is 2.29 bits per heavy atom. The van der Waals surface area contributed by atoms with Crippen LogP contribution in [-0.2, 0) is 0 Å². The highest BCUT2D eigenvalue weighted by Crippen LogP contribution is 2.31. The van der Waals surface area contributed by atoms with E-state index in [9.17, 15) is 0 Å². The fourth-order valence-corrected chi connectivity index (χ4v) is 5.21. The molecule has 2 rings (SSSR count). The fourth-order valence-electron chi connectivity index (χ4n) is 4.26. The minimum Gasteiger partial charge on any atom is -0.399 e. The summed E-state index contributed by atoms with van der Waals surface area (Å²) in [5.74, 6) is 0. The summed E-state index contributed by atoms with van der Waals surface area (Å²) in [6, 6.07) is 6.36. The predicted molar refractivity (Wildman–Crippen MR) is 189 cm³/mol. The molecule has 0 saturated heterocycles. The van der Waals surface area contributed by atoms with Crippen LogP contribution in [0.25, 0.3) is 11.1 Å². The van der Waals surface area contributed by atoms with E-state index in [4.69, 9.17) is 5.73 Å². The van der Waals surface area contributed by atoms with Gasteiger partial charge in [-0.1, -0.05) is 65.3 Å². The molecule has 0 atom stereocenters. The van der Waals surface area contributed by atoms with Crippen LogP contribution in [0.15, 0.2) is 115 Å². The van der Waals surface area contributed by atoms with Crippen molar-refractivity contribution >= 4 is 28.2 Å². The second-order valence-electron chi connectivity index (χ2n) is 11.2. The Labute approximate surface area is 258 Å². The molecule has 222 valence electrons. The van der Waals surface area contributed by atoms with Crippen molar-refractivity contribution in [2.45, 2.75) is 61.3 Å². The molecule has 0 bridgehead atoms. The second kappa shape index (κ2) is 16.9. The number of hydrogen-bond acceptors (Lipinski definition) is 5. The van der Waals surface area contributed by atoms with E-state index in [0.717, 1.165) is 57.1 Å². The summed E-state index contributed by atoms with van der Waals surface area (Å²) < 4.78 is 0. The topological polar surface area (TPSA) is 63.0 Å². The molecule has 4 nitrogen and oxygen atoms in total. The zero-order valence-electron chi connectivity index (χ0n) is 26.5. The van der Waals surface area contributed by atoms with E-state index in [1.165, 1.54) is 9.75 Å². The van der Waals surface area contributed by atoms with Gasteiger partial charge in [-0.2, -0.15) is 0 Å². The van der Waals surface area contributed by atoms with E-state index < -0.39 is 0 Å². The van der Waals surface area contributed by atoms with Crippen LogP contribution in [0.5, 0.6) is 0 Å². The Morgan fingerprint density at radius 2 is 1.76 bits per heavy atom. The number of thiophene rings is 1. The standard InChI is InChI=1S/C35H46N4S.C2H2/c1-12-14-33(34-16-15-25(5)40-34)26(6)28(8)38-23(3)17-30(27(7)36)18-29(13-2)31-19-32(22-37-21-31)39-24(4)20-35(9,10)11;1-2/h12-16,18-19,21-22,38-39H,1,3-4,7,17,20,36H2,2,5-6,8-11H3;1-2H/b28-26+,29-13+,30-18-,33-14+;. The summed E-state index contributed by atoms with van der Waals surface area (Å²) in [4.78, 5) is 6.94. The maximum absolute atomic E-state index is 6.25. The number of terminal acetylenes is 1. The molecule has 0 fully saturated rings. The van der Waals surface area contributed by atoms with Crippen LogP contribution in [0.2, 0.25) is 0 Å². The average molecular weight is 581 g/mol. The highest BCUT2D eigenvalue weighted by atomic mass is 32.1. The van der Waals surface area contributed by atoms with Crippen molar-refractivity contribution in [2.75, 3.05) is 5.32 Å². The van der Waals surface area contributed by atoms with Gasteiger partial charge < -0.3 is 16.4 Å². The van der Waals surface area contributed by atoms with Crippen LogP contribution in [-0.4, -0.2) is 4.98 Å². The number of pyridine rings is 1. The molecular formula is C37H48N4S. The van der Waals surface area contributed by atoms with Crippen LogP contribution < -0.4 is 16.4 Å². The lowest BCUT2D eigenvalue weighted by Crippen LogP contribution is -2.14. The van der Waals surface area contributed by atoms with Gasteiger partial charge in [-0.05, 0) is 86.1 Å². The van der Waals surface area contributed by atoms with Crippen molar-refractivity contribution in [1.29, 1.82) is 0 Å². The summed E-state index contributed by atoms with van der Waals surface area (Å²) >= 11 is 1.77. The Bertz CT molecular complexity index is 1430. The summed E-state index contributed by atoms with van der Waals surface area (Å²) in [6.45, 7) is 31.3. The lowest BCUT2D eigenvalue weighted by Gasteiger charge is -2.21. The van der Waals surface area contributed by atoms with Gasteiger partial charge in [-0.15, -0.1) is 24.2 Å². The van der Waals surface area contributed by atoms with Gasteiger partial charge in [-0.25, -0.2) is 0 Å². The van der Waals surface area contributed by atoms with Gasteiger partial charge in [0.15, 0.2) is 0 Å². The Balaban J connectivity index is 0.00000431. The molecule has 5 heteroatoms. The summed E-state index contributed by atoms with van der Waals surface area (Å²) in [6.07, 6.45) is 21.0. The van der Waals surface area contributed by atoms with Gasteiger partial charge in [0.1, 0.15) is 0 Å². The molecule has 0 unspecified atom stereocenters. The van der Waals surface area contributed by atoms with E-state index in [0.29, 0.717) is 12.1 Å². The molecular weight excluding hydrogens is 533 g/mol. The monoisotopic (exact) mass is 580 g/mol. The molecule has 4 N–H and O–H groups in total. The summed E-state index contributed by atoms with van der Waals surface area (Å²) in [5, 5.41) is 6.89. The van der Waals surface area contributed by atoms with E-state index in [1.54, 1.807) is 11.3 Å². The zero-order valence-corrected chi connectivity index (χ0v) is 27.3. The normalized spacial score (nSPS) is 12.8. The number of nitrogens with two attached hydrogens (primary N) is 1. The number of nitrogens with zero attached hydrogens (tertiary/aromatic N) is 1. The third-order valence-electron chi connectivity index (χ3n) is 6.21. The summed E-state index contributed by atoms with van der Waals surface area (Å²) in [7, 11) is 0. The second-order valence-corrected chi connectivity index (χ2v) is 12.5. The predicted octanol–water partition coefficient (Wildman–Crippen LogP) is 9.92.